The zero-order chi connectivity index (χ0) is 18.5. The molecular formula is C26H21Br. The standard InChI is InChI=1S/C26H21Br/c27-24-18-16-23(17-19-24)26(22-14-8-3-9-15-22)25(20-10-4-1-5-11-20)21-12-6-2-7-13-21/h1-19,25-26H. The lowest BCUT2D eigenvalue weighted by molar-refractivity contribution is 0.694. The summed E-state index contributed by atoms with van der Waals surface area (Å²) in [6.07, 6.45) is 0. The molecule has 0 aliphatic rings. The summed E-state index contributed by atoms with van der Waals surface area (Å²) in [5.41, 5.74) is 5.32. The highest BCUT2D eigenvalue weighted by Crippen LogP contribution is 2.42. The fraction of sp³-hybridized carbons (Fsp3) is 0.0769. The molecule has 0 aromatic heterocycles. The Balaban J connectivity index is 1.93. The SMILES string of the molecule is Brc1ccc(C(c2ccccc2)C(c2ccccc2)c2ccccc2)cc1. The lowest BCUT2D eigenvalue weighted by Gasteiger charge is -2.29. The van der Waals surface area contributed by atoms with Crippen molar-refractivity contribution >= 4 is 15.9 Å². The summed E-state index contributed by atoms with van der Waals surface area (Å²) in [7, 11) is 0. The summed E-state index contributed by atoms with van der Waals surface area (Å²) in [6.45, 7) is 0. The fourth-order valence-corrected chi connectivity index (χ4v) is 4.07. The van der Waals surface area contributed by atoms with Gasteiger partial charge in [-0.3, -0.25) is 0 Å². The van der Waals surface area contributed by atoms with Crippen molar-refractivity contribution in [2.45, 2.75) is 11.8 Å². The summed E-state index contributed by atoms with van der Waals surface area (Å²) < 4.78 is 1.11. The van der Waals surface area contributed by atoms with E-state index in [1.165, 1.54) is 22.3 Å². The van der Waals surface area contributed by atoms with Gasteiger partial charge in [-0.15, -0.1) is 0 Å². The zero-order valence-corrected chi connectivity index (χ0v) is 16.6. The monoisotopic (exact) mass is 412 g/mol. The third-order valence-corrected chi connectivity index (χ3v) is 5.57. The molecule has 0 saturated carbocycles. The Hall–Kier alpha value is -2.64. The van der Waals surface area contributed by atoms with Crippen LogP contribution in [0.15, 0.2) is 120 Å². The Morgan fingerprint density at radius 3 is 1.00 bits per heavy atom. The van der Waals surface area contributed by atoms with Crippen molar-refractivity contribution in [2.75, 3.05) is 0 Å². The van der Waals surface area contributed by atoms with Crippen LogP contribution in [0.1, 0.15) is 34.1 Å². The van der Waals surface area contributed by atoms with Crippen LogP contribution in [0.5, 0.6) is 0 Å². The highest BCUT2D eigenvalue weighted by atomic mass is 79.9. The second-order valence-electron chi connectivity index (χ2n) is 6.74. The molecule has 0 amide bonds. The summed E-state index contributed by atoms with van der Waals surface area (Å²) in [4.78, 5) is 0. The molecule has 132 valence electrons. The molecule has 0 spiro atoms. The Morgan fingerprint density at radius 2 is 0.667 bits per heavy atom. The first-order valence-corrected chi connectivity index (χ1v) is 10.0. The van der Waals surface area contributed by atoms with E-state index >= 15 is 0 Å². The maximum Gasteiger partial charge on any atom is 0.0199 e. The van der Waals surface area contributed by atoms with Gasteiger partial charge in [0.25, 0.3) is 0 Å². The van der Waals surface area contributed by atoms with Crippen molar-refractivity contribution < 1.29 is 0 Å². The molecule has 0 aliphatic carbocycles. The average molecular weight is 413 g/mol. The number of hydrogen-bond acceptors (Lipinski definition) is 0. The summed E-state index contributed by atoms with van der Waals surface area (Å²) in [5, 5.41) is 0. The molecular weight excluding hydrogens is 392 g/mol. The van der Waals surface area contributed by atoms with Gasteiger partial charge < -0.3 is 0 Å². The Morgan fingerprint density at radius 1 is 0.370 bits per heavy atom. The normalized spacial score (nSPS) is 12.1. The van der Waals surface area contributed by atoms with Crippen molar-refractivity contribution in [3.05, 3.63) is 142 Å². The molecule has 0 nitrogen and oxygen atoms in total. The molecule has 1 atom stereocenters. The van der Waals surface area contributed by atoms with Crippen molar-refractivity contribution in [3.63, 3.8) is 0 Å². The van der Waals surface area contributed by atoms with Crippen LogP contribution in [-0.4, -0.2) is 0 Å². The van der Waals surface area contributed by atoms with E-state index in [9.17, 15) is 0 Å². The molecule has 1 heteroatoms. The first kappa shape index (κ1) is 17.8. The number of benzene rings is 4. The van der Waals surface area contributed by atoms with E-state index in [1.807, 2.05) is 0 Å². The van der Waals surface area contributed by atoms with Gasteiger partial charge in [0.05, 0.1) is 0 Å². The van der Waals surface area contributed by atoms with Crippen molar-refractivity contribution in [1.29, 1.82) is 0 Å². The molecule has 27 heavy (non-hydrogen) atoms. The summed E-state index contributed by atoms with van der Waals surface area (Å²) >= 11 is 3.58. The minimum Gasteiger partial charge on any atom is -0.0622 e. The van der Waals surface area contributed by atoms with Crippen LogP contribution >= 0.6 is 15.9 Å². The van der Waals surface area contributed by atoms with Crippen molar-refractivity contribution in [3.8, 4) is 0 Å². The van der Waals surface area contributed by atoms with Gasteiger partial charge in [-0.1, -0.05) is 119 Å². The van der Waals surface area contributed by atoms with Gasteiger partial charge in [0.2, 0.25) is 0 Å². The Bertz CT molecular complexity index is 921. The van der Waals surface area contributed by atoms with Gasteiger partial charge >= 0.3 is 0 Å². The highest BCUT2D eigenvalue weighted by Gasteiger charge is 2.27. The van der Waals surface area contributed by atoms with Gasteiger partial charge in [-0.05, 0) is 34.4 Å². The molecule has 4 aromatic rings. The van der Waals surface area contributed by atoms with Crippen molar-refractivity contribution in [1.82, 2.24) is 0 Å². The van der Waals surface area contributed by atoms with E-state index in [0.29, 0.717) is 0 Å². The zero-order valence-electron chi connectivity index (χ0n) is 15.0. The molecule has 0 N–H and O–H groups in total. The molecule has 1 unspecified atom stereocenters. The van der Waals surface area contributed by atoms with Crippen LogP contribution in [0.3, 0.4) is 0 Å². The lowest BCUT2D eigenvalue weighted by Crippen LogP contribution is -2.14. The molecule has 0 saturated heterocycles. The van der Waals surface area contributed by atoms with Gasteiger partial charge in [0.15, 0.2) is 0 Å². The minimum absolute atomic E-state index is 0.240. The molecule has 0 heterocycles. The predicted octanol–water partition coefficient (Wildman–Crippen LogP) is 7.41. The number of halogens is 1. The molecule has 0 aliphatic heterocycles. The maximum atomic E-state index is 3.58. The van der Waals surface area contributed by atoms with Crippen LogP contribution < -0.4 is 0 Å². The topological polar surface area (TPSA) is 0 Å². The number of hydrogen-bond donors (Lipinski definition) is 0. The molecule has 4 aromatic carbocycles. The van der Waals surface area contributed by atoms with Crippen LogP contribution in [0.4, 0.5) is 0 Å². The predicted molar refractivity (Wildman–Crippen MR) is 117 cm³/mol. The largest absolute Gasteiger partial charge is 0.0622 e. The van der Waals surface area contributed by atoms with E-state index in [-0.39, 0.29) is 11.8 Å². The van der Waals surface area contributed by atoms with E-state index in [4.69, 9.17) is 0 Å². The van der Waals surface area contributed by atoms with E-state index in [0.717, 1.165) is 4.47 Å². The second kappa shape index (κ2) is 8.37. The molecule has 0 bridgehead atoms. The molecule has 4 rings (SSSR count). The van der Waals surface area contributed by atoms with Crippen LogP contribution in [-0.2, 0) is 0 Å². The quantitative estimate of drug-likeness (QED) is 0.320. The van der Waals surface area contributed by atoms with Gasteiger partial charge in [-0.25, -0.2) is 0 Å². The van der Waals surface area contributed by atoms with Crippen LogP contribution in [0, 0.1) is 0 Å². The van der Waals surface area contributed by atoms with Gasteiger partial charge in [0, 0.05) is 16.3 Å². The van der Waals surface area contributed by atoms with Gasteiger partial charge in [0.1, 0.15) is 0 Å². The smallest absolute Gasteiger partial charge is 0.0199 e. The third-order valence-electron chi connectivity index (χ3n) is 5.04. The van der Waals surface area contributed by atoms with E-state index in [1.54, 1.807) is 0 Å². The van der Waals surface area contributed by atoms with Crippen molar-refractivity contribution in [2.24, 2.45) is 0 Å². The minimum atomic E-state index is 0.240. The average Bonchev–Trinajstić information content (AvgIpc) is 2.75. The lowest BCUT2D eigenvalue weighted by atomic mass is 9.74. The maximum absolute atomic E-state index is 3.58. The second-order valence-corrected chi connectivity index (χ2v) is 7.65. The van der Waals surface area contributed by atoms with E-state index < -0.39 is 0 Å². The fourth-order valence-electron chi connectivity index (χ4n) is 3.81. The highest BCUT2D eigenvalue weighted by molar-refractivity contribution is 9.10. The first-order chi connectivity index (χ1) is 13.3. The third kappa shape index (κ3) is 4.04. The first-order valence-electron chi connectivity index (χ1n) is 9.23. The van der Waals surface area contributed by atoms with Crippen LogP contribution in [0.25, 0.3) is 0 Å². The molecule has 0 fully saturated rings. The van der Waals surface area contributed by atoms with Gasteiger partial charge in [-0.2, -0.15) is 0 Å². The Kier molecular flexibility index (Phi) is 5.50. The molecule has 0 radical (unpaired) electrons. The van der Waals surface area contributed by atoms with E-state index in [2.05, 4.69) is 131 Å². The summed E-state index contributed by atoms with van der Waals surface area (Å²) in [5.74, 6) is 0.486. The van der Waals surface area contributed by atoms with Crippen LogP contribution in [0.2, 0.25) is 0 Å². The summed E-state index contributed by atoms with van der Waals surface area (Å²) in [6, 6.07) is 41.3. The Labute approximate surface area is 169 Å². The number of rotatable bonds is 5.